The Labute approximate surface area is 223 Å². The van der Waals surface area contributed by atoms with Gasteiger partial charge in [0.1, 0.15) is 5.82 Å². The molecule has 1 aliphatic rings. The summed E-state index contributed by atoms with van der Waals surface area (Å²) in [6, 6.07) is 18.7. The molecule has 0 saturated heterocycles. The van der Waals surface area contributed by atoms with Gasteiger partial charge >= 0.3 is 0 Å². The Morgan fingerprint density at radius 1 is 0.816 bits per heavy atom. The van der Waals surface area contributed by atoms with E-state index in [1.165, 1.54) is 48.5 Å². The summed E-state index contributed by atoms with van der Waals surface area (Å²) in [6.07, 6.45) is 4.56. The molecule has 0 atom stereocenters. The highest BCUT2D eigenvalue weighted by Gasteiger charge is 2.28. The third-order valence-electron chi connectivity index (χ3n) is 6.35. The first-order chi connectivity index (χ1) is 18.1. The van der Waals surface area contributed by atoms with Crippen molar-refractivity contribution in [2.75, 3.05) is 11.9 Å². The van der Waals surface area contributed by atoms with Crippen LogP contribution in [0.25, 0.3) is 0 Å². The van der Waals surface area contributed by atoms with Crippen LogP contribution >= 0.6 is 0 Å². The van der Waals surface area contributed by atoms with Crippen LogP contribution in [0.2, 0.25) is 0 Å². The number of anilines is 1. The van der Waals surface area contributed by atoms with Crippen molar-refractivity contribution >= 4 is 31.6 Å². The van der Waals surface area contributed by atoms with Crippen molar-refractivity contribution in [3.05, 3.63) is 90.2 Å². The highest BCUT2D eigenvalue weighted by atomic mass is 32.2. The number of sulfonamides is 2. The number of halogens is 1. The number of carbonyl (C=O) groups excluding carboxylic acids is 1. The molecule has 1 fully saturated rings. The second-order valence-corrected chi connectivity index (χ2v) is 12.9. The summed E-state index contributed by atoms with van der Waals surface area (Å²) in [7, 11) is -8.03. The van der Waals surface area contributed by atoms with Crippen LogP contribution in [0.5, 0.6) is 0 Å². The number of nitrogens with zero attached hydrogens (tertiary/aromatic N) is 1. The third-order valence-corrected chi connectivity index (χ3v) is 9.69. The van der Waals surface area contributed by atoms with Crippen molar-refractivity contribution in [1.29, 1.82) is 0 Å². The number of benzene rings is 3. The summed E-state index contributed by atoms with van der Waals surface area (Å²) in [6.45, 7) is -0.688. The van der Waals surface area contributed by atoms with E-state index >= 15 is 0 Å². The smallest absolute Gasteiger partial charge is 0.243 e. The van der Waals surface area contributed by atoms with Crippen molar-refractivity contribution in [3.63, 3.8) is 0 Å². The van der Waals surface area contributed by atoms with Gasteiger partial charge in [0.05, 0.1) is 16.3 Å². The van der Waals surface area contributed by atoms with Crippen LogP contribution in [0.4, 0.5) is 10.1 Å². The number of carbonyl (C=O) groups is 1. The molecular weight excluding hydrogens is 529 g/mol. The monoisotopic (exact) mass is 559 g/mol. The van der Waals surface area contributed by atoms with E-state index in [0.29, 0.717) is 11.3 Å². The third kappa shape index (κ3) is 7.25. The van der Waals surface area contributed by atoms with Crippen molar-refractivity contribution in [1.82, 2.24) is 9.03 Å². The molecule has 3 aromatic rings. The molecule has 0 aromatic heterocycles. The van der Waals surface area contributed by atoms with E-state index in [9.17, 15) is 26.0 Å². The van der Waals surface area contributed by atoms with Crippen LogP contribution in [0.1, 0.15) is 37.7 Å². The molecule has 1 aliphatic carbocycles. The molecule has 1 amide bonds. The van der Waals surface area contributed by atoms with E-state index in [0.717, 1.165) is 36.4 Å². The summed E-state index contributed by atoms with van der Waals surface area (Å²) in [5.74, 6) is -1.03. The molecule has 0 spiro atoms. The number of amides is 1. The molecule has 0 unspecified atom stereocenters. The molecule has 4 rings (SSSR count). The molecule has 1 saturated carbocycles. The second kappa shape index (κ2) is 12.2. The summed E-state index contributed by atoms with van der Waals surface area (Å²) in [5, 5.41) is 2.67. The van der Waals surface area contributed by atoms with E-state index in [2.05, 4.69) is 10.0 Å². The quantitative estimate of drug-likeness (QED) is 0.385. The predicted molar refractivity (Wildman–Crippen MR) is 143 cm³/mol. The lowest BCUT2D eigenvalue weighted by Gasteiger charge is -2.23. The van der Waals surface area contributed by atoms with Crippen molar-refractivity contribution in [3.8, 4) is 0 Å². The number of rotatable bonds is 10. The van der Waals surface area contributed by atoms with Crippen molar-refractivity contribution in [2.24, 2.45) is 0 Å². The Morgan fingerprint density at radius 2 is 1.42 bits per heavy atom. The Hall–Kier alpha value is -3.12. The molecular formula is C27H30FN3O5S2. The fraction of sp³-hybridized carbons (Fsp3) is 0.296. The maximum absolute atomic E-state index is 13.6. The van der Waals surface area contributed by atoms with Crippen LogP contribution in [0.3, 0.4) is 0 Å². The molecule has 0 aliphatic heterocycles. The molecule has 2 N–H and O–H groups in total. The van der Waals surface area contributed by atoms with Gasteiger partial charge in [-0.1, -0.05) is 49.6 Å². The maximum atomic E-state index is 13.6. The zero-order valence-electron chi connectivity index (χ0n) is 20.7. The maximum Gasteiger partial charge on any atom is 0.243 e. The Kier molecular flexibility index (Phi) is 8.93. The Morgan fingerprint density at radius 3 is 2.05 bits per heavy atom. The highest BCUT2D eigenvalue weighted by molar-refractivity contribution is 7.89. The standard InChI is InChI=1S/C27H30FN3O5S2/c28-22-13-11-21(12-14-22)19-31(20-27(32)29-23-7-3-1-4-8-23)38(35,36)26-17-15-25(16-18-26)37(33,34)30-24-9-5-2-6-10-24/h1,3-4,7-8,11-18,24,30H,2,5-6,9-10,19-20H2,(H,29,32). The minimum atomic E-state index is -4.22. The Balaban J connectivity index is 1.56. The second-order valence-electron chi connectivity index (χ2n) is 9.24. The van der Waals surface area contributed by atoms with Gasteiger partial charge in [-0.3, -0.25) is 4.79 Å². The lowest BCUT2D eigenvalue weighted by atomic mass is 9.96. The van der Waals surface area contributed by atoms with Gasteiger partial charge in [-0.2, -0.15) is 4.31 Å². The average molecular weight is 560 g/mol. The van der Waals surface area contributed by atoms with Crippen LogP contribution in [0, 0.1) is 5.82 Å². The lowest BCUT2D eigenvalue weighted by molar-refractivity contribution is -0.116. The minimum Gasteiger partial charge on any atom is -0.325 e. The molecule has 8 nitrogen and oxygen atoms in total. The topological polar surface area (TPSA) is 113 Å². The fourth-order valence-corrected chi connectivity index (χ4v) is 7.04. The first-order valence-corrected chi connectivity index (χ1v) is 15.3. The summed E-state index contributed by atoms with van der Waals surface area (Å²) in [5.41, 5.74) is 0.995. The van der Waals surface area contributed by atoms with Gasteiger partial charge in [0.2, 0.25) is 26.0 Å². The van der Waals surface area contributed by atoms with Gasteiger partial charge in [0.15, 0.2) is 0 Å². The van der Waals surface area contributed by atoms with Gasteiger partial charge < -0.3 is 5.32 Å². The summed E-state index contributed by atoms with van der Waals surface area (Å²) < 4.78 is 69.9. The molecule has 0 heterocycles. The normalized spacial score (nSPS) is 14.9. The summed E-state index contributed by atoms with van der Waals surface area (Å²) in [4.78, 5) is 12.6. The fourth-order valence-electron chi connectivity index (χ4n) is 4.35. The first-order valence-electron chi connectivity index (χ1n) is 12.4. The van der Waals surface area contributed by atoms with Crippen LogP contribution in [0.15, 0.2) is 88.7 Å². The first kappa shape index (κ1) is 27.9. The van der Waals surface area contributed by atoms with E-state index in [4.69, 9.17) is 0 Å². The van der Waals surface area contributed by atoms with E-state index in [1.54, 1.807) is 30.3 Å². The number of hydrogen-bond acceptors (Lipinski definition) is 5. The van der Waals surface area contributed by atoms with E-state index in [-0.39, 0.29) is 22.4 Å². The average Bonchev–Trinajstić information content (AvgIpc) is 2.90. The molecule has 38 heavy (non-hydrogen) atoms. The molecule has 3 aromatic carbocycles. The van der Waals surface area contributed by atoms with E-state index < -0.39 is 38.3 Å². The minimum absolute atomic E-state index is 0.0334. The zero-order chi connectivity index (χ0) is 27.2. The lowest BCUT2D eigenvalue weighted by Crippen LogP contribution is -2.37. The highest BCUT2D eigenvalue weighted by Crippen LogP contribution is 2.23. The van der Waals surface area contributed by atoms with Crippen LogP contribution in [-0.2, 0) is 31.4 Å². The van der Waals surface area contributed by atoms with Crippen LogP contribution in [-0.4, -0.2) is 39.6 Å². The Bertz CT molecular complexity index is 1440. The zero-order valence-corrected chi connectivity index (χ0v) is 22.3. The van der Waals surface area contributed by atoms with Gasteiger partial charge in [-0.15, -0.1) is 0 Å². The summed E-state index contributed by atoms with van der Waals surface area (Å²) >= 11 is 0. The number of para-hydroxylation sites is 1. The number of hydrogen-bond donors (Lipinski definition) is 2. The van der Waals surface area contributed by atoms with Crippen LogP contribution < -0.4 is 10.0 Å². The number of nitrogens with one attached hydrogen (secondary N) is 2. The molecule has 202 valence electrons. The van der Waals surface area contributed by atoms with Crippen molar-refractivity contribution in [2.45, 2.75) is 54.5 Å². The van der Waals surface area contributed by atoms with Gasteiger partial charge in [0.25, 0.3) is 0 Å². The molecule has 0 radical (unpaired) electrons. The van der Waals surface area contributed by atoms with E-state index in [1.807, 2.05) is 0 Å². The molecule has 11 heteroatoms. The van der Waals surface area contributed by atoms with Gasteiger partial charge in [-0.05, 0) is 66.9 Å². The molecule has 0 bridgehead atoms. The van der Waals surface area contributed by atoms with Crippen molar-refractivity contribution < 1.29 is 26.0 Å². The van der Waals surface area contributed by atoms with Gasteiger partial charge in [0, 0.05) is 18.3 Å². The van der Waals surface area contributed by atoms with Gasteiger partial charge in [-0.25, -0.2) is 25.9 Å². The largest absolute Gasteiger partial charge is 0.325 e. The predicted octanol–water partition coefficient (Wildman–Crippen LogP) is 4.27. The SMILES string of the molecule is O=C(CN(Cc1ccc(F)cc1)S(=O)(=O)c1ccc(S(=O)(=O)NC2CCCCC2)cc1)Nc1ccccc1.